The van der Waals surface area contributed by atoms with Gasteiger partial charge in [0.25, 0.3) is 0 Å². The lowest BCUT2D eigenvalue weighted by molar-refractivity contribution is 0.265. The molecule has 1 aromatic heterocycles. The molecule has 1 aliphatic rings. The normalized spacial score (nSPS) is 16.9. The predicted molar refractivity (Wildman–Crippen MR) is 75.0 cm³/mol. The molecule has 0 bridgehead atoms. The Hall–Kier alpha value is -1.75. The second-order valence-electron chi connectivity index (χ2n) is 5.47. The highest BCUT2D eigenvalue weighted by molar-refractivity contribution is 5.31. The van der Waals surface area contributed by atoms with E-state index >= 15 is 0 Å². The van der Waals surface area contributed by atoms with E-state index in [1.165, 1.54) is 17.7 Å². The van der Waals surface area contributed by atoms with Gasteiger partial charge in [0.15, 0.2) is 0 Å². The highest BCUT2D eigenvalue weighted by atomic mass is 19.1. The number of aromatic nitrogens is 3. The van der Waals surface area contributed by atoms with Gasteiger partial charge in [0.1, 0.15) is 18.0 Å². The van der Waals surface area contributed by atoms with Crippen LogP contribution in [-0.4, -0.2) is 27.9 Å². The summed E-state index contributed by atoms with van der Waals surface area (Å²) in [5.74, 6) is 0.822. The van der Waals surface area contributed by atoms with Crippen LogP contribution < -0.4 is 5.32 Å². The van der Waals surface area contributed by atoms with Crippen molar-refractivity contribution in [2.24, 2.45) is 0 Å². The van der Waals surface area contributed by atoms with Gasteiger partial charge in [0.2, 0.25) is 0 Å². The van der Waals surface area contributed by atoms with Crippen LogP contribution in [0.25, 0.3) is 0 Å². The average molecular weight is 274 g/mol. The van der Waals surface area contributed by atoms with Crippen LogP contribution in [0.4, 0.5) is 4.39 Å². The van der Waals surface area contributed by atoms with Gasteiger partial charge in [-0.05, 0) is 24.1 Å². The van der Waals surface area contributed by atoms with Crippen molar-refractivity contribution >= 4 is 0 Å². The van der Waals surface area contributed by atoms with E-state index in [0.717, 1.165) is 38.3 Å². The summed E-state index contributed by atoms with van der Waals surface area (Å²) < 4.78 is 15.1. The quantitative estimate of drug-likeness (QED) is 0.905. The molecule has 2 aromatic rings. The van der Waals surface area contributed by atoms with Crippen molar-refractivity contribution in [2.75, 3.05) is 13.1 Å². The summed E-state index contributed by atoms with van der Waals surface area (Å²) >= 11 is 0. The minimum Gasteiger partial charge on any atom is -0.315 e. The van der Waals surface area contributed by atoms with E-state index in [9.17, 15) is 4.39 Å². The van der Waals surface area contributed by atoms with E-state index < -0.39 is 0 Å². The third kappa shape index (κ3) is 2.33. The number of benzene rings is 1. The van der Waals surface area contributed by atoms with E-state index in [1.807, 2.05) is 16.8 Å². The topological polar surface area (TPSA) is 42.7 Å². The number of hydrogen-bond donors (Lipinski definition) is 1. The van der Waals surface area contributed by atoms with Crippen LogP contribution in [0.15, 0.2) is 30.6 Å². The number of aryl methyl sites for hydroxylation is 1. The molecule has 4 nitrogen and oxygen atoms in total. The Labute approximate surface area is 118 Å². The first kappa shape index (κ1) is 13.2. The van der Waals surface area contributed by atoms with E-state index in [4.69, 9.17) is 0 Å². The zero-order valence-electron chi connectivity index (χ0n) is 11.6. The van der Waals surface area contributed by atoms with Crippen molar-refractivity contribution in [2.45, 2.75) is 31.7 Å². The highest BCUT2D eigenvalue weighted by Crippen LogP contribution is 2.32. The molecule has 1 saturated heterocycles. The Bertz CT molecular complexity index is 572. The van der Waals surface area contributed by atoms with Crippen molar-refractivity contribution in [3.8, 4) is 0 Å². The maximum atomic E-state index is 13.1. The molecule has 3 rings (SSSR count). The second-order valence-corrected chi connectivity index (χ2v) is 5.47. The van der Waals surface area contributed by atoms with Crippen molar-refractivity contribution < 1.29 is 4.39 Å². The average Bonchev–Trinajstić information content (AvgIpc) is 2.83. The van der Waals surface area contributed by atoms with Gasteiger partial charge >= 0.3 is 0 Å². The third-order valence-electron chi connectivity index (χ3n) is 4.01. The second kappa shape index (κ2) is 5.32. The van der Waals surface area contributed by atoms with Gasteiger partial charge in [0.05, 0.1) is 0 Å². The Morgan fingerprint density at radius 1 is 1.30 bits per heavy atom. The van der Waals surface area contributed by atoms with Crippen LogP contribution >= 0.6 is 0 Å². The van der Waals surface area contributed by atoms with Crippen LogP contribution in [0.5, 0.6) is 0 Å². The summed E-state index contributed by atoms with van der Waals surface area (Å²) in [5, 5.41) is 7.61. The molecular formula is C15H19FN4. The van der Waals surface area contributed by atoms with Crippen LogP contribution in [0.1, 0.15) is 24.7 Å². The minimum absolute atomic E-state index is 0.0201. The zero-order chi connectivity index (χ0) is 14.0. The first-order chi connectivity index (χ1) is 9.73. The summed E-state index contributed by atoms with van der Waals surface area (Å²) in [4.78, 5) is 4.39. The molecule has 2 heterocycles. The molecule has 0 atom stereocenters. The largest absolute Gasteiger partial charge is 0.315 e. The molecule has 106 valence electrons. The summed E-state index contributed by atoms with van der Waals surface area (Å²) in [6, 6.07) is 6.84. The van der Waals surface area contributed by atoms with Gasteiger partial charge < -0.3 is 5.32 Å². The number of nitrogens with zero attached hydrogens (tertiary/aromatic N) is 3. The molecule has 0 unspecified atom stereocenters. The molecule has 1 N–H and O–H groups in total. The number of halogens is 1. The first-order valence-electron chi connectivity index (χ1n) is 7.07. The van der Waals surface area contributed by atoms with Gasteiger partial charge in [0, 0.05) is 31.5 Å². The number of nitrogens with one attached hydrogen (secondary N) is 1. The van der Waals surface area contributed by atoms with Crippen molar-refractivity contribution in [1.29, 1.82) is 0 Å². The zero-order valence-corrected chi connectivity index (χ0v) is 11.6. The Morgan fingerprint density at radius 2 is 2.05 bits per heavy atom. The summed E-state index contributed by atoms with van der Waals surface area (Å²) in [6.07, 6.45) is 3.50. The fourth-order valence-electron chi connectivity index (χ4n) is 2.79. The monoisotopic (exact) mass is 274 g/mol. The van der Waals surface area contributed by atoms with Gasteiger partial charge in [-0.1, -0.05) is 19.1 Å². The van der Waals surface area contributed by atoms with Crippen LogP contribution in [0, 0.1) is 5.82 Å². The summed E-state index contributed by atoms with van der Waals surface area (Å²) in [5.41, 5.74) is 1.19. The molecule has 5 heteroatoms. The lowest BCUT2D eigenvalue weighted by Gasteiger charge is -2.43. The van der Waals surface area contributed by atoms with Crippen molar-refractivity contribution in [3.63, 3.8) is 0 Å². The summed E-state index contributed by atoms with van der Waals surface area (Å²) in [6.45, 7) is 4.82. The first-order valence-corrected chi connectivity index (χ1v) is 7.07. The molecule has 0 aliphatic carbocycles. The van der Waals surface area contributed by atoms with Gasteiger partial charge in [-0.3, -0.25) is 4.68 Å². The standard InChI is InChI=1S/C15H19FN4/c1-2-7-20-14(18-11-19-20)8-15(9-17-10-15)12-3-5-13(16)6-4-12/h3-6,11,17H,2,7-10H2,1H3. The van der Waals surface area contributed by atoms with E-state index in [1.54, 1.807) is 6.33 Å². The minimum atomic E-state index is -0.190. The molecule has 1 aliphatic heterocycles. The smallest absolute Gasteiger partial charge is 0.138 e. The Morgan fingerprint density at radius 3 is 2.65 bits per heavy atom. The predicted octanol–water partition coefficient (Wildman–Crippen LogP) is 1.91. The lowest BCUT2D eigenvalue weighted by atomic mass is 9.72. The van der Waals surface area contributed by atoms with Gasteiger partial charge in [-0.25, -0.2) is 9.37 Å². The lowest BCUT2D eigenvalue weighted by Crippen LogP contribution is -2.58. The fourth-order valence-corrected chi connectivity index (χ4v) is 2.79. The fraction of sp³-hybridized carbons (Fsp3) is 0.467. The van der Waals surface area contributed by atoms with E-state index in [-0.39, 0.29) is 11.2 Å². The van der Waals surface area contributed by atoms with Gasteiger partial charge in [-0.2, -0.15) is 5.10 Å². The molecular weight excluding hydrogens is 255 g/mol. The van der Waals surface area contributed by atoms with E-state index in [0.29, 0.717) is 0 Å². The SMILES string of the molecule is CCCn1ncnc1CC1(c2ccc(F)cc2)CNC1. The van der Waals surface area contributed by atoms with Crippen molar-refractivity contribution in [1.82, 2.24) is 20.1 Å². The molecule has 0 radical (unpaired) electrons. The third-order valence-corrected chi connectivity index (χ3v) is 4.01. The molecule has 0 amide bonds. The molecule has 1 aromatic carbocycles. The van der Waals surface area contributed by atoms with E-state index in [2.05, 4.69) is 22.3 Å². The van der Waals surface area contributed by atoms with Crippen molar-refractivity contribution in [3.05, 3.63) is 47.8 Å². The molecule has 0 saturated carbocycles. The molecule has 20 heavy (non-hydrogen) atoms. The molecule has 1 fully saturated rings. The van der Waals surface area contributed by atoms with Crippen LogP contribution in [0.2, 0.25) is 0 Å². The Kier molecular flexibility index (Phi) is 3.53. The van der Waals surface area contributed by atoms with Crippen LogP contribution in [0.3, 0.4) is 0 Å². The number of rotatable bonds is 5. The Balaban J connectivity index is 1.86. The highest BCUT2D eigenvalue weighted by Gasteiger charge is 2.40. The number of hydrogen-bond acceptors (Lipinski definition) is 3. The maximum Gasteiger partial charge on any atom is 0.138 e. The summed E-state index contributed by atoms with van der Waals surface area (Å²) in [7, 11) is 0. The molecule has 0 spiro atoms. The van der Waals surface area contributed by atoms with Crippen LogP contribution in [-0.2, 0) is 18.4 Å². The van der Waals surface area contributed by atoms with Gasteiger partial charge in [-0.15, -0.1) is 0 Å². The maximum absolute atomic E-state index is 13.1.